The zero-order valence-electron chi connectivity index (χ0n) is 6.04. The van der Waals surface area contributed by atoms with Crippen LogP contribution in [0.2, 0.25) is 0 Å². The van der Waals surface area contributed by atoms with E-state index in [-0.39, 0.29) is 1.43 Å². The molecule has 0 N–H and O–H groups in total. The van der Waals surface area contributed by atoms with Gasteiger partial charge in [0.05, 0.1) is 5.71 Å². The number of hydrogen-bond donors (Lipinski definition) is 0. The first kappa shape index (κ1) is 4.74. The Bertz CT molecular complexity index is 246. The molecule has 0 fully saturated rings. The third kappa shape index (κ3) is 0.653. The van der Waals surface area contributed by atoms with Gasteiger partial charge in [0.25, 0.3) is 0 Å². The molecule has 9 heavy (non-hydrogen) atoms. The van der Waals surface area contributed by atoms with Crippen LogP contribution < -0.4 is 0 Å². The first-order valence-electron chi connectivity index (χ1n) is 3.08. The Morgan fingerprint density at radius 1 is 1.44 bits per heavy atom. The molecule has 1 nitrogen and oxygen atoms in total. The second kappa shape index (κ2) is 1.69. The molecule has 0 amide bonds. The maximum absolute atomic E-state index is 4.14. The molecule has 44 valence electrons. The van der Waals surface area contributed by atoms with E-state index in [1.54, 1.807) is 0 Å². The van der Waals surface area contributed by atoms with Crippen molar-refractivity contribution in [3.05, 3.63) is 36.1 Å². The van der Waals surface area contributed by atoms with E-state index in [0.717, 1.165) is 12.1 Å². The van der Waals surface area contributed by atoms with E-state index < -0.39 is 0 Å². The standard InChI is InChI=1S/C8H7N/c1-2-4-8-7(3-1)5-6-9-8/h2-6H,1H2/p+1. The first-order chi connectivity index (χ1) is 4.47. The molecule has 0 aromatic carbocycles. The molecule has 0 aromatic rings. The minimum Gasteiger partial charge on any atom is -0.256 e. The molecular weight excluding hydrogens is 110 g/mol. The molecule has 1 aliphatic carbocycles. The maximum Gasteiger partial charge on any atom is 1.00 e. The fourth-order valence-electron chi connectivity index (χ4n) is 1.04. The van der Waals surface area contributed by atoms with Gasteiger partial charge in [-0.05, 0) is 24.1 Å². The van der Waals surface area contributed by atoms with E-state index in [1.807, 2.05) is 12.3 Å². The van der Waals surface area contributed by atoms with Crippen LogP contribution in [0.15, 0.2) is 41.1 Å². The third-order valence-electron chi connectivity index (χ3n) is 1.51. The molecule has 0 atom stereocenters. The Hall–Kier alpha value is -1.11. The summed E-state index contributed by atoms with van der Waals surface area (Å²) in [5.74, 6) is 0. The molecule has 0 saturated heterocycles. The van der Waals surface area contributed by atoms with Gasteiger partial charge in [-0.25, -0.2) is 0 Å². The van der Waals surface area contributed by atoms with Crippen LogP contribution in [0.1, 0.15) is 7.85 Å². The van der Waals surface area contributed by atoms with Crippen LogP contribution in [-0.2, 0) is 0 Å². The van der Waals surface area contributed by atoms with Gasteiger partial charge in [-0.2, -0.15) is 0 Å². The van der Waals surface area contributed by atoms with Crippen molar-refractivity contribution in [2.24, 2.45) is 4.99 Å². The number of fused-ring (bicyclic) bond motifs is 1. The van der Waals surface area contributed by atoms with E-state index >= 15 is 0 Å². The molecule has 0 aromatic heterocycles. The first-order valence-corrected chi connectivity index (χ1v) is 3.08. The Balaban J connectivity index is 0.000000500. The van der Waals surface area contributed by atoms with Gasteiger partial charge in [0.15, 0.2) is 0 Å². The summed E-state index contributed by atoms with van der Waals surface area (Å²) < 4.78 is 0. The highest BCUT2D eigenvalue weighted by Crippen LogP contribution is 2.14. The Morgan fingerprint density at radius 3 is 3.33 bits per heavy atom. The van der Waals surface area contributed by atoms with Gasteiger partial charge in [0.2, 0.25) is 0 Å². The topological polar surface area (TPSA) is 12.4 Å². The summed E-state index contributed by atoms with van der Waals surface area (Å²) in [7, 11) is 0. The normalized spacial score (nSPS) is 21.3. The van der Waals surface area contributed by atoms with E-state index in [1.165, 1.54) is 5.57 Å². The predicted octanol–water partition coefficient (Wildman–Crippen LogP) is 1.95. The van der Waals surface area contributed by atoms with Crippen LogP contribution in [-0.4, -0.2) is 5.71 Å². The molecule has 1 aliphatic heterocycles. The van der Waals surface area contributed by atoms with Crippen molar-refractivity contribution in [1.29, 1.82) is 0 Å². The number of nitrogens with zero attached hydrogens (tertiary/aromatic N) is 1. The molecule has 0 spiro atoms. The Morgan fingerprint density at radius 2 is 2.44 bits per heavy atom. The summed E-state index contributed by atoms with van der Waals surface area (Å²) in [6.07, 6.45) is 11.3. The number of hydrogen-bond acceptors (Lipinski definition) is 1. The monoisotopic (exact) mass is 118 g/mol. The number of aliphatic imine (C=N–C) groups is 1. The van der Waals surface area contributed by atoms with Crippen LogP contribution in [0.25, 0.3) is 0 Å². The van der Waals surface area contributed by atoms with Gasteiger partial charge in [-0.1, -0.05) is 12.2 Å². The molecular formula is C8H8N+. The van der Waals surface area contributed by atoms with Crippen LogP contribution in [0.3, 0.4) is 0 Å². The van der Waals surface area contributed by atoms with E-state index in [0.29, 0.717) is 0 Å². The molecule has 2 rings (SSSR count). The summed E-state index contributed by atoms with van der Waals surface area (Å²) in [5, 5.41) is 0. The van der Waals surface area contributed by atoms with Crippen molar-refractivity contribution in [2.45, 2.75) is 6.42 Å². The van der Waals surface area contributed by atoms with Crippen LogP contribution >= 0.6 is 0 Å². The van der Waals surface area contributed by atoms with Gasteiger partial charge < -0.3 is 0 Å². The molecule has 0 saturated carbocycles. The summed E-state index contributed by atoms with van der Waals surface area (Å²) in [4.78, 5) is 4.14. The van der Waals surface area contributed by atoms with Gasteiger partial charge in [-0.15, -0.1) is 0 Å². The Kier molecular flexibility index (Phi) is 0.890. The lowest BCUT2D eigenvalue weighted by atomic mass is 10.1. The van der Waals surface area contributed by atoms with Crippen LogP contribution in [0, 0.1) is 0 Å². The smallest absolute Gasteiger partial charge is 0.256 e. The summed E-state index contributed by atoms with van der Waals surface area (Å²) >= 11 is 0. The van der Waals surface area contributed by atoms with Crippen molar-refractivity contribution in [3.8, 4) is 0 Å². The quantitative estimate of drug-likeness (QED) is 0.461. The highest BCUT2D eigenvalue weighted by Gasteiger charge is 2.05. The van der Waals surface area contributed by atoms with E-state index in [9.17, 15) is 0 Å². The zero-order valence-corrected chi connectivity index (χ0v) is 5.04. The van der Waals surface area contributed by atoms with Crippen molar-refractivity contribution in [1.82, 2.24) is 0 Å². The second-order valence-electron chi connectivity index (χ2n) is 2.13. The predicted molar refractivity (Wildman–Crippen MR) is 39.5 cm³/mol. The van der Waals surface area contributed by atoms with Gasteiger partial charge >= 0.3 is 1.43 Å². The molecule has 0 bridgehead atoms. The van der Waals surface area contributed by atoms with Crippen molar-refractivity contribution >= 4 is 5.71 Å². The Labute approximate surface area is 55.6 Å². The summed E-state index contributed by atoms with van der Waals surface area (Å²) in [5.41, 5.74) is 2.39. The largest absolute Gasteiger partial charge is 1.00 e. The average Bonchev–Trinajstić information content (AvgIpc) is 2.33. The van der Waals surface area contributed by atoms with Crippen molar-refractivity contribution in [3.63, 3.8) is 0 Å². The maximum atomic E-state index is 4.14. The molecule has 0 radical (unpaired) electrons. The lowest BCUT2D eigenvalue weighted by Crippen LogP contribution is -1.95. The SMILES string of the molecule is C1=CC2=NC=CC2=CC1.[H+]. The van der Waals surface area contributed by atoms with Gasteiger partial charge in [-0.3, -0.25) is 4.99 Å². The molecule has 1 heteroatoms. The van der Waals surface area contributed by atoms with Crippen LogP contribution in [0.4, 0.5) is 0 Å². The van der Waals surface area contributed by atoms with Gasteiger partial charge in [0.1, 0.15) is 0 Å². The van der Waals surface area contributed by atoms with E-state index in [4.69, 9.17) is 0 Å². The fourth-order valence-corrected chi connectivity index (χ4v) is 1.04. The van der Waals surface area contributed by atoms with Crippen molar-refractivity contribution < 1.29 is 1.43 Å². The minimum atomic E-state index is 0. The highest BCUT2D eigenvalue weighted by atomic mass is 14.7. The third-order valence-corrected chi connectivity index (χ3v) is 1.51. The molecule has 0 unspecified atom stereocenters. The average molecular weight is 118 g/mol. The molecule has 2 aliphatic rings. The lowest BCUT2D eigenvalue weighted by Gasteiger charge is -1.99. The summed E-state index contributed by atoms with van der Waals surface area (Å²) in [6.45, 7) is 0. The van der Waals surface area contributed by atoms with E-state index in [2.05, 4.69) is 23.2 Å². The zero-order chi connectivity index (χ0) is 6.10. The minimum absolute atomic E-state index is 0. The van der Waals surface area contributed by atoms with Crippen molar-refractivity contribution in [2.75, 3.05) is 0 Å². The second-order valence-corrected chi connectivity index (χ2v) is 2.13. The lowest BCUT2D eigenvalue weighted by molar-refractivity contribution is 1.36. The highest BCUT2D eigenvalue weighted by molar-refractivity contribution is 6.12. The van der Waals surface area contributed by atoms with Gasteiger partial charge in [0, 0.05) is 6.20 Å². The summed E-state index contributed by atoms with van der Waals surface area (Å²) in [6, 6.07) is 0. The number of rotatable bonds is 0. The fraction of sp³-hybridized carbons (Fsp3) is 0.125. The van der Waals surface area contributed by atoms with Crippen LogP contribution in [0.5, 0.6) is 0 Å². The number of allylic oxidation sites excluding steroid dienone is 5. The molecule has 1 heterocycles.